The van der Waals surface area contributed by atoms with E-state index in [-0.39, 0.29) is 28.4 Å². The number of rotatable bonds is 1. The van der Waals surface area contributed by atoms with Gasteiger partial charge in [0.25, 0.3) is 6.71 Å². The molecule has 6 aromatic carbocycles. The first kappa shape index (κ1) is 35.7. The van der Waals surface area contributed by atoms with Crippen LogP contribution in [-0.2, 0) is 21.7 Å². The Balaban J connectivity index is 1.29. The smallest absolute Gasteiger partial charge is 0.252 e. The van der Waals surface area contributed by atoms with Crippen LogP contribution in [0.2, 0.25) is 0 Å². The predicted octanol–water partition coefficient (Wildman–Crippen LogP) is 12.6. The van der Waals surface area contributed by atoms with Gasteiger partial charge in [-0.05, 0) is 109 Å². The highest BCUT2D eigenvalue weighted by molar-refractivity contribution is 7.00. The van der Waals surface area contributed by atoms with Crippen molar-refractivity contribution >= 4 is 73.0 Å². The van der Waals surface area contributed by atoms with Crippen LogP contribution in [0.25, 0.3) is 49.8 Å². The van der Waals surface area contributed by atoms with Crippen LogP contribution in [0.5, 0.6) is 0 Å². The minimum atomic E-state index is -0.147. The molecule has 0 spiro atoms. The van der Waals surface area contributed by atoms with E-state index in [4.69, 9.17) is 4.42 Å². The molecule has 11 rings (SSSR count). The maximum atomic E-state index is 7.05. The molecule has 8 aromatic rings. The molecule has 4 heteroatoms. The number of aryl methyl sites for hydroxylation is 1. The average molecular weight is 757 g/mol. The summed E-state index contributed by atoms with van der Waals surface area (Å²) in [4.78, 5) is 2.56. The number of fused-ring (bicyclic) bond motifs is 12. The minimum absolute atomic E-state index is 0.0176. The van der Waals surface area contributed by atoms with Gasteiger partial charge in [0.2, 0.25) is 0 Å². The van der Waals surface area contributed by atoms with Gasteiger partial charge in [-0.2, -0.15) is 0 Å². The third kappa shape index (κ3) is 4.63. The third-order valence-electron chi connectivity index (χ3n) is 13.8. The van der Waals surface area contributed by atoms with Crippen LogP contribution in [-0.4, -0.2) is 11.3 Å². The lowest BCUT2D eigenvalue weighted by Gasteiger charge is -2.41. The Morgan fingerprint density at radius 2 is 1.26 bits per heavy atom. The number of furan rings is 1. The lowest BCUT2D eigenvalue weighted by atomic mass is 9.33. The van der Waals surface area contributed by atoms with Crippen LogP contribution in [0.3, 0.4) is 0 Å². The highest BCUT2D eigenvalue weighted by Gasteiger charge is 2.48. The SMILES string of the molecule is Cc1cc2c3c(c1)-n1c4c(c5cc(C(C)(C)C)cc(c51)B3c1ccc(C(C)(C)C)cc1N2c1cccc2c1oc1cc(C(C)(C)C)ccc12)C(C)(C)c1ccccc1-4. The molecule has 2 aliphatic heterocycles. The molecular formula is C54H53BN2O. The van der Waals surface area contributed by atoms with E-state index in [1.807, 2.05) is 0 Å². The van der Waals surface area contributed by atoms with E-state index in [1.54, 1.807) is 0 Å². The summed E-state index contributed by atoms with van der Waals surface area (Å²) in [5, 5.41) is 3.70. The Bertz CT molecular complexity index is 3110. The first-order valence-electron chi connectivity index (χ1n) is 21.2. The number of aromatic nitrogens is 1. The van der Waals surface area contributed by atoms with Crippen LogP contribution in [0, 0.1) is 6.92 Å². The molecule has 0 bridgehead atoms. The Labute approximate surface area is 343 Å². The number of para-hydroxylation sites is 1. The fourth-order valence-electron chi connectivity index (χ4n) is 10.8. The summed E-state index contributed by atoms with van der Waals surface area (Å²) < 4.78 is 9.72. The molecule has 0 N–H and O–H groups in total. The number of hydrogen-bond donors (Lipinski definition) is 0. The quantitative estimate of drug-likeness (QED) is 0.156. The molecule has 0 unspecified atom stereocenters. The molecule has 1 aliphatic carbocycles. The van der Waals surface area contributed by atoms with Crippen LogP contribution >= 0.6 is 0 Å². The van der Waals surface area contributed by atoms with Crippen molar-refractivity contribution in [1.82, 2.24) is 4.57 Å². The van der Waals surface area contributed by atoms with Gasteiger partial charge in [0.05, 0.1) is 11.4 Å². The van der Waals surface area contributed by atoms with E-state index < -0.39 is 0 Å². The molecule has 3 nitrogen and oxygen atoms in total. The average Bonchev–Trinajstić information content (AvgIpc) is 3.78. The van der Waals surface area contributed by atoms with Crippen LogP contribution < -0.4 is 21.3 Å². The van der Waals surface area contributed by atoms with Crippen molar-refractivity contribution in [3.8, 4) is 16.9 Å². The van der Waals surface area contributed by atoms with Gasteiger partial charge < -0.3 is 13.9 Å². The van der Waals surface area contributed by atoms with E-state index in [0.29, 0.717) is 0 Å². The van der Waals surface area contributed by atoms with Crippen molar-refractivity contribution in [3.63, 3.8) is 0 Å². The molecule has 0 fully saturated rings. The number of hydrogen-bond acceptors (Lipinski definition) is 2. The summed E-state index contributed by atoms with van der Waals surface area (Å²) in [7, 11) is 0. The summed E-state index contributed by atoms with van der Waals surface area (Å²) in [5.74, 6) is 0. The number of nitrogens with zero attached hydrogens (tertiary/aromatic N) is 2. The molecule has 0 saturated heterocycles. The topological polar surface area (TPSA) is 21.3 Å². The molecule has 0 atom stereocenters. The van der Waals surface area contributed by atoms with E-state index >= 15 is 0 Å². The zero-order chi connectivity index (χ0) is 40.6. The third-order valence-corrected chi connectivity index (χ3v) is 13.8. The van der Waals surface area contributed by atoms with Gasteiger partial charge in [0, 0.05) is 49.7 Å². The Morgan fingerprint density at radius 1 is 0.569 bits per heavy atom. The fourth-order valence-corrected chi connectivity index (χ4v) is 10.8. The summed E-state index contributed by atoms with van der Waals surface area (Å²) in [6, 6.07) is 40.0. The van der Waals surface area contributed by atoms with Crippen molar-refractivity contribution in [3.05, 3.63) is 137 Å². The van der Waals surface area contributed by atoms with Crippen molar-refractivity contribution < 1.29 is 4.42 Å². The molecular weight excluding hydrogens is 703 g/mol. The zero-order valence-electron chi connectivity index (χ0n) is 36.2. The summed E-state index contributed by atoms with van der Waals surface area (Å²) in [5.41, 5.74) is 22.8. The summed E-state index contributed by atoms with van der Waals surface area (Å²) in [6.07, 6.45) is 0. The first-order chi connectivity index (χ1) is 27.3. The van der Waals surface area contributed by atoms with Crippen molar-refractivity contribution in [2.45, 2.75) is 105 Å². The fraction of sp³-hybridized carbons (Fsp3) is 0.296. The second-order valence-corrected chi connectivity index (χ2v) is 21.2. The first-order valence-corrected chi connectivity index (χ1v) is 21.2. The van der Waals surface area contributed by atoms with E-state index in [1.165, 1.54) is 89.0 Å². The summed E-state index contributed by atoms with van der Waals surface area (Å²) in [6.45, 7) is 28.1. The number of benzene rings is 6. The molecule has 4 heterocycles. The van der Waals surface area contributed by atoms with Gasteiger partial charge in [0.15, 0.2) is 5.58 Å². The number of anilines is 3. The van der Waals surface area contributed by atoms with Gasteiger partial charge in [-0.15, -0.1) is 0 Å². The highest BCUT2D eigenvalue weighted by Crippen LogP contribution is 2.55. The van der Waals surface area contributed by atoms with Crippen molar-refractivity contribution in [1.29, 1.82) is 0 Å². The van der Waals surface area contributed by atoms with Gasteiger partial charge >= 0.3 is 0 Å². The second-order valence-electron chi connectivity index (χ2n) is 21.2. The van der Waals surface area contributed by atoms with Gasteiger partial charge in [0.1, 0.15) is 5.58 Å². The lowest BCUT2D eigenvalue weighted by molar-refractivity contribution is 0.587. The molecule has 3 aliphatic rings. The van der Waals surface area contributed by atoms with Gasteiger partial charge in [-0.3, -0.25) is 0 Å². The molecule has 0 radical (unpaired) electrons. The van der Waals surface area contributed by atoms with E-state index in [2.05, 4.69) is 196 Å². The van der Waals surface area contributed by atoms with E-state index in [9.17, 15) is 0 Å². The monoisotopic (exact) mass is 756 g/mol. The Hall–Kier alpha value is -5.48. The zero-order valence-corrected chi connectivity index (χ0v) is 36.2. The molecule has 58 heavy (non-hydrogen) atoms. The molecule has 0 amide bonds. The van der Waals surface area contributed by atoms with E-state index in [0.717, 1.165) is 27.6 Å². The Kier molecular flexibility index (Phi) is 6.87. The van der Waals surface area contributed by atoms with Crippen LogP contribution in [0.1, 0.15) is 110 Å². The van der Waals surface area contributed by atoms with Crippen LogP contribution in [0.4, 0.5) is 17.1 Å². The van der Waals surface area contributed by atoms with Crippen molar-refractivity contribution in [2.24, 2.45) is 0 Å². The minimum Gasteiger partial charge on any atom is -0.454 e. The van der Waals surface area contributed by atoms with Crippen LogP contribution in [0.15, 0.2) is 108 Å². The predicted molar refractivity (Wildman–Crippen MR) is 248 cm³/mol. The highest BCUT2D eigenvalue weighted by atomic mass is 16.3. The van der Waals surface area contributed by atoms with Crippen molar-refractivity contribution in [2.75, 3.05) is 4.90 Å². The maximum Gasteiger partial charge on any atom is 0.252 e. The molecule has 0 saturated carbocycles. The standard InChI is InChI=1S/C54H53BN2O/c1-30-24-43-47-44(25-30)57-48-37(46-49(57)36-16-13-14-18-38(36)54(46,11)12)26-33(53(8,9)10)27-40(48)55(47)39-23-21-31(51(2,3)4)28-42(39)56(43)41-19-15-17-35-34-22-20-32(52(5,6)7)29-45(34)58-50(35)41/h13-29H,1-12H3. The molecule has 288 valence electrons. The Morgan fingerprint density at radius 3 is 2.00 bits per heavy atom. The normalized spacial score (nSPS) is 15.3. The summed E-state index contributed by atoms with van der Waals surface area (Å²) >= 11 is 0. The van der Waals surface area contributed by atoms with Gasteiger partial charge in [-0.1, -0.05) is 143 Å². The molecule has 2 aromatic heterocycles. The second kappa shape index (κ2) is 11.2. The lowest BCUT2D eigenvalue weighted by Crippen LogP contribution is -2.60. The largest absolute Gasteiger partial charge is 0.454 e. The van der Waals surface area contributed by atoms with Gasteiger partial charge in [-0.25, -0.2) is 0 Å². The maximum absolute atomic E-state index is 7.05.